The fourth-order valence-electron chi connectivity index (χ4n) is 8.52. The summed E-state index contributed by atoms with van der Waals surface area (Å²) in [5.74, 6) is -11.8. The van der Waals surface area contributed by atoms with E-state index < -0.39 is 123 Å². The van der Waals surface area contributed by atoms with Crippen LogP contribution in [0.15, 0.2) is 23.8 Å². The predicted molar refractivity (Wildman–Crippen MR) is 143 cm³/mol. The van der Waals surface area contributed by atoms with Gasteiger partial charge in [0.2, 0.25) is 5.78 Å². The van der Waals surface area contributed by atoms with Gasteiger partial charge < -0.3 is 19.3 Å². The normalized spacial score (nSPS) is 60.7. The van der Waals surface area contributed by atoms with Crippen LogP contribution in [0, 0.1) is 40.4 Å². The van der Waals surface area contributed by atoms with E-state index in [0.717, 1.165) is 5.57 Å². The van der Waals surface area contributed by atoms with Crippen molar-refractivity contribution in [3.8, 4) is 0 Å². The number of carbonyl (C=O) groups is 3. The molecule has 6 rings (SSSR count). The molecule has 0 aromatic heterocycles. The van der Waals surface area contributed by atoms with Gasteiger partial charge in [-0.05, 0) is 62.5 Å². The number of ether oxygens (including phenoxy) is 3. The van der Waals surface area contributed by atoms with Gasteiger partial charge in [0.15, 0.2) is 24.3 Å². The second kappa shape index (κ2) is 9.63. The maximum atomic E-state index is 14.8. The molecule has 7 heteroatoms. The topological polar surface area (TPSA) is 99.1 Å². The Morgan fingerprint density at radius 1 is 1.31 bits per heavy atom. The Morgan fingerprint density at radius 2 is 2.13 bits per heavy atom. The van der Waals surface area contributed by atoms with Crippen LogP contribution < -0.4 is 0 Å². The number of Topliss-reactive ketones (excluding diaryl/α,β-unsaturated/α-hetero) is 1. The van der Waals surface area contributed by atoms with Crippen molar-refractivity contribution in [3.05, 3.63) is 23.8 Å². The summed E-state index contributed by atoms with van der Waals surface area (Å²) >= 11 is 0. The van der Waals surface area contributed by atoms with Crippen LogP contribution in [0.1, 0.15) is 107 Å². The first-order chi connectivity index (χ1) is 24.7. The van der Waals surface area contributed by atoms with Gasteiger partial charge in [0.05, 0.1) is 18.1 Å². The third-order valence-electron chi connectivity index (χ3n) is 10.1. The molecule has 7 nitrogen and oxygen atoms in total. The fourth-order valence-corrected chi connectivity index (χ4v) is 8.52. The average Bonchev–Trinajstić information content (AvgIpc) is 3.54. The largest absolute Gasteiger partial charge is 0.457 e. The Balaban J connectivity index is 1.44. The highest BCUT2D eigenvalue weighted by Gasteiger charge is 2.76. The molecule has 4 saturated carbocycles. The lowest BCUT2D eigenvalue weighted by Gasteiger charge is -2.59. The van der Waals surface area contributed by atoms with Crippen LogP contribution in [0.4, 0.5) is 0 Å². The lowest BCUT2D eigenvalue weighted by molar-refractivity contribution is -0.210. The fraction of sp³-hybridized carbons (Fsp3) is 0.781. The summed E-state index contributed by atoms with van der Waals surface area (Å²) in [7, 11) is 0. The number of aliphatic hydroxyl groups excluding tert-OH is 1. The molecule has 10 atom stereocenters. The number of aliphatic hydroxyl groups is 1. The number of esters is 1. The first kappa shape index (κ1) is 14.4. The molecule has 6 aliphatic rings. The lowest BCUT2D eigenvalue weighted by atomic mass is 9.46. The van der Waals surface area contributed by atoms with Crippen LogP contribution in [0.3, 0.4) is 0 Å². The summed E-state index contributed by atoms with van der Waals surface area (Å²) in [5.41, 5.74) is -3.88. The van der Waals surface area contributed by atoms with Gasteiger partial charge in [-0.1, -0.05) is 58.3 Å². The Bertz CT molecular complexity index is 1730. The van der Waals surface area contributed by atoms with Crippen molar-refractivity contribution in [1.82, 2.24) is 0 Å². The molecule has 1 N–H and O–H groups in total. The van der Waals surface area contributed by atoms with Gasteiger partial charge in [-0.15, -0.1) is 0 Å². The minimum absolute atomic E-state index is 0.0645. The Labute approximate surface area is 254 Å². The summed E-state index contributed by atoms with van der Waals surface area (Å²) in [6, 6.07) is 0. The molecule has 0 amide bonds. The highest BCUT2D eigenvalue weighted by atomic mass is 16.7. The molecule has 1 unspecified atom stereocenters. The SMILES string of the molecule is [2H]C([2H])([2H])C([2H])(C(=O)OCC(=O)[C@@]12O[C@H](C3([2H])CC([2H])([2H])C([2H])([2H])C([2H])([2H])C3([2H])[2H])O[C@@H]1C[C@H]1[C@@H]3CCC4=CC(=O)C=C[C@]4(C)[C@H]3[C@@H](O)C[C@@]12C)C([2H])([2H])[2H]. The van der Waals surface area contributed by atoms with E-state index in [1.807, 2.05) is 6.92 Å². The third-order valence-corrected chi connectivity index (χ3v) is 10.1. The number of allylic oxidation sites excluding steroid dienone is 4. The van der Waals surface area contributed by atoms with E-state index >= 15 is 0 Å². The smallest absolute Gasteiger partial charge is 0.308 e. The molecule has 0 spiro atoms. The minimum atomic E-state index is -3.83. The molecular formula is C32H44O7. The molecule has 39 heavy (non-hydrogen) atoms. The number of hydrogen-bond acceptors (Lipinski definition) is 7. The van der Waals surface area contributed by atoms with E-state index in [1.165, 1.54) is 12.2 Å². The van der Waals surface area contributed by atoms with E-state index in [4.69, 9.17) is 34.8 Å². The van der Waals surface area contributed by atoms with Gasteiger partial charge in [0.1, 0.15) is 0 Å². The molecule has 5 aliphatic carbocycles. The maximum Gasteiger partial charge on any atom is 0.308 e. The number of rotatable bonds is 5. The zero-order valence-electron chi connectivity index (χ0n) is 37.8. The van der Waals surface area contributed by atoms with Crippen LogP contribution in [0.25, 0.3) is 0 Å². The second-order valence-corrected chi connectivity index (χ2v) is 11.9. The summed E-state index contributed by atoms with van der Waals surface area (Å²) < 4.78 is 149. The number of fused-ring (bicyclic) bond motifs is 7. The van der Waals surface area contributed by atoms with E-state index in [-0.39, 0.29) is 24.5 Å². The van der Waals surface area contributed by atoms with Gasteiger partial charge in [-0.3, -0.25) is 14.4 Å². The quantitative estimate of drug-likeness (QED) is 0.490. The predicted octanol–water partition coefficient (Wildman–Crippen LogP) is 4.70. The van der Waals surface area contributed by atoms with Crippen LogP contribution in [-0.2, 0) is 28.6 Å². The van der Waals surface area contributed by atoms with Crippen molar-refractivity contribution in [2.45, 2.75) is 109 Å². The first-order valence-electron chi connectivity index (χ1n) is 21.3. The molecule has 0 bridgehead atoms. The highest BCUT2D eigenvalue weighted by Crippen LogP contribution is 2.70. The standard InChI is InChI=1S/C32H44O7/c1-18(2)28(36)37-17-25(35)32-26(38-29(39-32)19-8-6-5-7-9-19)15-23-22-11-10-20-14-21(33)12-13-30(20,3)27(22)24(34)16-31(23,32)4/h12-14,18-19,22-24,26-27,29,34H,5-11,15-17H2,1-4H3/t22-,23-,24-,26+,27+,29+,30-,31-,32+/m0/s1/i1D3,2D3,5D2,6D2,7D2,8D2,18D,19D/t19?,22-,23-,24-,26+,27+,29+,30-,31-,32+. The number of ketones is 2. The molecule has 1 saturated heterocycles. The van der Waals surface area contributed by atoms with Crippen molar-refractivity contribution in [1.29, 1.82) is 0 Å². The van der Waals surface area contributed by atoms with Gasteiger partial charge in [0, 0.05) is 44.6 Å². The Morgan fingerprint density at radius 3 is 2.92 bits per heavy atom. The zero-order valence-corrected chi connectivity index (χ0v) is 21.8. The third kappa shape index (κ3) is 3.97. The summed E-state index contributed by atoms with van der Waals surface area (Å²) in [6.45, 7) is -5.44. The van der Waals surface area contributed by atoms with Crippen LogP contribution in [0.2, 0.25) is 0 Å². The molecule has 1 heterocycles. The van der Waals surface area contributed by atoms with E-state index in [1.54, 1.807) is 13.0 Å². The zero-order chi connectivity index (χ0) is 41.8. The summed E-state index contributed by atoms with van der Waals surface area (Å²) in [6.07, 6.45) is -14.8. The molecule has 0 radical (unpaired) electrons. The van der Waals surface area contributed by atoms with Crippen molar-refractivity contribution < 1.29 is 55.6 Å². The van der Waals surface area contributed by atoms with Crippen molar-refractivity contribution in [3.63, 3.8) is 0 Å². The van der Waals surface area contributed by atoms with E-state index in [0.29, 0.717) is 12.8 Å². The van der Waals surface area contributed by atoms with Crippen LogP contribution in [0.5, 0.6) is 0 Å². The number of hydrogen-bond donors (Lipinski definition) is 1. The van der Waals surface area contributed by atoms with Gasteiger partial charge in [-0.25, -0.2) is 0 Å². The monoisotopic (exact) mass is 556 g/mol. The van der Waals surface area contributed by atoms with Crippen molar-refractivity contribution in [2.24, 2.45) is 40.4 Å². The maximum absolute atomic E-state index is 14.8. The van der Waals surface area contributed by atoms with Crippen molar-refractivity contribution in [2.75, 3.05) is 6.61 Å². The van der Waals surface area contributed by atoms with E-state index in [9.17, 15) is 20.9 Å². The lowest BCUT2D eigenvalue weighted by Crippen LogP contribution is -2.63. The molecular weight excluding hydrogens is 496 g/mol. The molecule has 0 aromatic carbocycles. The summed E-state index contributed by atoms with van der Waals surface area (Å²) in [5, 5.41) is 12.0. The first-order valence-corrected chi connectivity index (χ1v) is 13.3. The molecule has 5 fully saturated rings. The second-order valence-electron chi connectivity index (χ2n) is 11.9. The van der Waals surface area contributed by atoms with Crippen LogP contribution >= 0.6 is 0 Å². The molecule has 214 valence electrons. The molecule has 0 aromatic rings. The van der Waals surface area contributed by atoms with Gasteiger partial charge >= 0.3 is 5.97 Å². The minimum Gasteiger partial charge on any atom is -0.457 e. The van der Waals surface area contributed by atoms with Gasteiger partial charge in [0.25, 0.3) is 0 Å². The molecule has 1 aliphatic heterocycles. The van der Waals surface area contributed by atoms with Crippen LogP contribution in [-0.4, -0.2) is 53.3 Å². The Hall–Kier alpha value is -1.83. The highest BCUT2D eigenvalue weighted by molar-refractivity contribution is 6.01. The van der Waals surface area contributed by atoms with Crippen molar-refractivity contribution >= 4 is 17.5 Å². The Kier molecular flexibility index (Phi) is 3.55. The number of carbonyl (C=O) groups excluding carboxylic acids is 3. The average molecular weight is 557 g/mol. The van der Waals surface area contributed by atoms with Gasteiger partial charge in [-0.2, -0.15) is 0 Å². The van der Waals surface area contributed by atoms with E-state index in [2.05, 4.69) is 0 Å². The summed E-state index contributed by atoms with van der Waals surface area (Å²) in [4.78, 5) is 40.2.